The fraction of sp³-hybridized carbons (Fsp3) is 0.500. The molecule has 2 rings (SSSR count). The average Bonchev–Trinajstić information content (AvgIpc) is 2.82. The highest BCUT2D eigenvalue weighted by Gasteiger charge is 2.36. The smallest absolute Gasteiger partial charge is 0.205 e. The molecule has 0 aliphatic heterocycles. The van der Waals surface area contributed by atoms with Crippen LogP contribution < -0.4 is 0 Å². The summed E-state index contributed by atoms with van der Waals surface area (Å²) >= 11 is 0. The Hall–Kier alpha value is -2.03. The topological polar surface area (TPSA) is 38.7 Å². The molecule has 2 unspecified atom stereocenters. The Morgan fingerprint density at radius 1 is 0.732 bits per heavy atom. The van der Waals surface area contributed by atoms with Gasteiger partial charge in [-0.15, -0.1) is 0 Å². The van der Waals surface area contributed by atoms with Gasteiger partial charge in [0.1, 0.15) is 0 Å². The molecule has 2 aromatic carbocycles. The van der Waals surface area contributed by atoms with Crippen LogP contribution in [0.25, 0.3) is 17.7 Å². The minimum atomic E-state index is -0.934. The van der Waals surface area contributed by atoms with E-state index in [9.17, 15) is 5.11 Å². The SMILES string of the molecule is CC(=CC=CC(C)(C)O)c1cccc(C=Cc2ccc(C(O[Si](C)C)C(C)(C)C)c(C(O[Si](C)C)C(C)(C)C)c2)c1. The highest BCUT2D eigenvalue weighted by atomic mass is 28.3. The van der Waals surface area contributed by atoms with E-state index in [2.05, 4.69) is 129 Å². The maximum atomic E-state index is 9.95. The molecule has 2 atom stereocenters. The normalized spacial score (nSPS) is 15.5. The van der Waals surface area contributed by atoms with Crippen molar-refractivity contribution in [1.82, 2.24) is 0 Å². The van der Waals surface area contributed by atoms with E-state index in [1.165, 1.54) is 11.1 Å². The largest absolute Gasteiger partial charge is 0.410 e. The van der Waals surface area contributed by atoms with Gasteiger partial charge in [-0.3, -0.25) is 0 Å². The fourth-order valence-corrected chi connectivity index (χ4v) is 6.56. The molecule has 2 aromatic rings. The van der Waals surface area contributed by atoms with Crippen molar-refractivity contribution < 1.29 is 14.0 Å². The first-order valence-corrected chi connectivity index (χ1v) is 19.5. The molecule has 0 amide bonds. The highest BCUT2D eigenvalue weighted by Crippen LogP contribution is 2.45. The summed E-state index contributed by atoms with van der Waals surface area (Å²) in [6.07, 6.45) is 10.1. The van der Waals surface area contributed by atoms with Crippen LogP contribution in [0.15, 0.2) is 60.7 Å². The number of rotatable bonds is 11. The molecule has 0 heterocycles. The Morgan fingerprint density at radius 3 is 1.73 bits per heavy atom. The predicted molar refractivity (Wildman–Crippen MR) is 182 cm³/mol. The summed E-state index contributed by atoms with van der Waals surface area (Å²) in [6.45, 7) is 28.1. The van der Waals surface area contributed by atoms with Gasteiger partial charge in [-0.1, -0.05) is 102 Å². The second kappa shape index (κ2) is 14.4. The molecule has 0 aliphatic rings. The molecular weight excluding hydrogens is 537 g/mol. The van der Waals surface area contributed by atoms with Gasteiger partial charge >= 0.3 is 0 Å². The van der Waals surface area contributed by atoms with Crippen LogP contribution in [-0.2, 0) is 8.85 Å². The molecule has 0 aliphatic carbocycles. The van der Waals surface area contributed by atoms with Gasteiger partial charge in [0.25, 0.3) is 0 Å². The fourth-order valence-electron chi connectivity index (χ4n) is 4.65. The number of hydrogen-bond donors (Lipinski definition) is 1. The second-order valence-electron chi connectivity index (χ2n) is 14.3. The van der Waals surface area contributed by atoms with Crippen molar-refractivity contribution in [1.29, 1.82) is 0 Å². The molecule has 0 bridgehead atoms. The summed E-state index contributed by atoms with van der Waals surface area (Å²) in [5.74, 6) is 0. The molecule has 41 heavy (non-hydrogen) atoms. The third-order valence-electron chi connectivity index (χ3n) is 6.62. The van der Waals surface area contributed by atoms with E-state index < -0.39 is 23.7 Å². The third kappa shape index (κ3) is 11.6. The molecule has 3 nitrogen and oxygen atoms in total. The minimum absolute atomic E-state index is 0.00541. The van der Waals surface area contributed by atoms with E-state index in [1.54, 1.807) is 19.9 Å². The van der Waals surface area contributed by atoms with Crippen LogP contribution in [0.2, 0.25) is 26.2 Å². The Labute approximate surface area is 254 Å². The lowest BCUT2D eigenvalue weighted by Crippen LogP contribution is -2.31. The summed E-state index contributed by atoms with van der Waals surface area (Å²) in [5.41, 5.74) is 6.15. The first-order valence-electron chi connectivity index (χ1n) is 14.7. The van der Waals surface area contributed by atoms with Crippen molar-refractivity contribution in [2.24, 2.45) is 10.8 Å². The monoisotopic (exact) mass is 590 g/mol. The summed E-state index contributed by atoms with van der Waals surface area (Å²) in [6, 6.07) is 15.4. The van der Waals surface area contributed by atoms with Gasteiger partial charge in [0.05, 0.1) is 17.8 Å². The molecular formula is C36H54O3Si2. The quantitative estimate of drug-likeness (QED) is 0.161. The van der Waals surface area contributed by atoms with Crippen LogP contribution in [0.4, 0.5) is 0 Å². The molecule has 0 saturated heterocycles. The van der Waals surface area contributed by atoms with E-state index in [0.717, 1.165) is 22.3 Å². The first-order chi connectivity index (χ1) is 18.8. The number of hydrogen-bond acceptors (Lipinski definition) is 3. The Bertz CT molecular complexity index is 1220. The van der Waals surface area contributed by atoms with Crippen LogP contribution in [0, 0.1) is 10.8 Å². The van der Waals surface area contributed by atoms with Crippen molar-refractivity contribution in [3.05, 3.63) is 88.5 Å². The van der Waals surface area contributed by atoms with Crippen molar-refractivity contribution >= 4 is 35.8 Å². The van der Waals surface area contributed by atoms with E-state index in [4.69, 9.17) is 8.85 Å². The molecule has 1 N–H and O–H groups in total. The van der Waals surface area contributed by atoms with Crippen molar-refractivity contribution in [2.45, 2.75) is 106 Å². The standard InChI is InChI=1S/C36H54O3Si2/c1-26(16-15-23-36(8,9)37)29-18-14-17-27(24-29)19-20-28-21-22-30(32(34(2,3)4)38-40(10)11)31(25-28)33(35(5,6)7)39-41(12)13/h14-25,32-33,37H,1-13H3. The molecule has 224 valence electrons. The third-order valence-corrected chi connectivity index (χ3v) is 8.03. The van der Waals surface area contributed by atoms with Gasteiger partial charge in [0.2, 0.25) is 18.1 Å². The zero-order chi connectivity index (χ0) is 31.2. The minimum Gasteiger partial charge on any atom is -0.410 e. The maximum absolute atomic E-state index is 9.95. The average molecular weight is 591 g/mol. The zero-order valence-electron chi connectivity index (χ0n) is 27.8. The summed E-state index contributed by atoms with van der Waals surface area (Å²) < 4.78 is 13.4. The summed E-state index contributed by atoms with van der Waals surface area (Å²) in [5, 5.41) is 9.95. The van der Waals surface area contributed by atoms with Crippen molar-refractivity contribution in [3.8, 4) is 0 Å². The number of aliphatic hydroxyl groups is 1. The van der Waals surface area contributed by atoms with E-state index in [-0.39, 0.29) is 23.0 Å². The lowest BCUT2D eigenvalue weighted by Gasteiger charge is -2.39. The second-order valence-corrected chi connectivity index (χ2v) is 18.4. The van der Waals surface area contributed by atoms with Crippen molar-refractivity contribution in [2.75, 3.05) is 0 Å². The van der Waals surface area contributed by atoms with Gasteiger partial charge in [0.15, 0.2) is 0 Å². The Balaban J connectivity index is 2.57. The predicted octanol–water partition coefficient (Wildman–Crippen LogP) is 10.3. The highest BCUT2D eigenvalue weighted by molar-refractivity contribution is 6.48. The lowest BCUT2D eigenvalue weighted by molar-refractivity contribution is 0.0656. The summed E-state index contributed by atoms with van der Waals surface area (Å²) in [7, 11) is -1.85. The Kier molecular flexibility index (Phi) is 12.4. The molecule has 0 aromatic heterocycles. The Morgan fingerprint density at radius 2 is 1.24 bits per heavy atom. The molecule has 5 heteroatoms. The van der Waals surface area contributed by atoms with Gasteiger partial charge < -0.3 is 14.0 Å². The van der Waals surface area contributed by atoms with Crippen LogP contribution >= 0.6 is 0 Å². The van der Waals surface area contributed by atoms with E-state index >= 15 is 0 Å². The molecule has 0 saturated carbocycles. The van der Waals surface area contributed by atoms with Crippen LogP contribution in [0.3, 0.4) is 0 Å². The van der Waals surface area contributed by atoms with Gasteiger partial charge in [-0.05, 0) is 103 Å². The van der Waals surface area contributed by atoms with Gasteiger partial charge in [-0.2, -0.15) is 0 Å². The van der Waals surface area contributed by atoms with Crippen LogP contribution in [0.1, 0.15) is 102 Å². The number of allylic oxidation sites excluding steroid dienone is 3. The lowest BCUT2D eigenvalue weighted by atomic mass is 9.77. The zero-order valence-corrected chi connectivity index (χ0v) is 29.8. The van der Waals surface area contributed by atoms with E-state index in [1.807, 2.05) is 12.2 Å². The van der Waals surface area contributed by atoms with Crippen LogP contribution in [0.5, 0.6) is 0 Å². The number of benzene rings is 2. The maximum Gasteiger partial charge on any atom is 0.205 e. The van der Waals surface area contributed by atoms with Gasteiger partial charge in [-0.25, -0.2) is 0 Å². The van der Waals surface area contributed by atoms with Gasteiger partial charge in [0, 0.05) is 0 Å². The van der Waals surface area contributed by atoms with E-state index in [0.29, 0.717) is 0 Å². The molecule has 0 spiro atoms. The first kappa shape index (κ1) is 35.2. The van der Waals surface area contributed by atoms with Crippen LogP contribution in [-0.4, -0.2) is 28.8 Å². The molecule has 0 fully saturated rings. The summed E-state index contributed by atoms with van der Waals surface area (Å²) in [4.78, 5) is 0. The van der Waals surface area contributed by atoms with Crippen molar-refractivity contribution in [3.63, 3.8) is 0 Å². The molecule has 2 radical (unpaired) electrons.